The highest BCUT2D eigenvalue weighted by Crippen LogP contribution is 2.19. The van der Waals surface area contributed by atoms with Crippen molar-refractivity contribution in [1.82, 2.24) is 0 Å². The minimum absolute atomic E-state index is 0.256. The van der Waals surface area contributed by atoms with E-state index in [1.807, 2.05) is 6.07 Å². The van der Waals surface area contributed by atoms with Crippen LogP contribution in [0, 0.1) is 0 Å². The van der Waals surface area contributed by atoms with Crippen LogP contribution in [0.1, 0.15) is 31.1 Å². The zero-order chi connectivity index (χ0) is 19.9. The van der Waals surface area contributed by atoms with Crippen molar-refractivity contribution in [2.75, 3.05) is 17.7 Å². The average molecular weight is 374 g/mol. The van der Waals surface area contributed by atoms with Gasteiger partial charge in [-0.1, -0.05) is 36.4 Å². The maximum absolute atomic E-state index is 12.6. The third kappa shape index (κ3) is 4.42. The molecule has 0 bridgehead atoms. The molecule has 0 fully saturated rings. The summed E-state index contributed by atoms with van der Waals surface area (Å²) in [6.07, 6.45) is 0. The van der Waals surface area contributed by atoms with E-state index in [1.165, 1.54) is 7.11 Å². The van der Waals surface area contributed by atoms with Crippen LogP contribution in [-0.4, -0.2) is 24.9 Å². The molecule has 0 aliphatic heterocycles. The van der Waals surface area contributed by atoms with E-state index in [9.17, 15) is 14.4 Å². The molecular formula is C22H18N2O4. The molecule has 6 heteroatoms. The van der Waals surface area contributed by atoms with Crippen molar-refractivity contribution in [3.8, 4) is 0 Å². The SMILES string of the molecule is COC(=O)c1ccccc1NC(=O)c1cccc(NC(=O)c2ccccc2)c1. The first kappa shape index (κ1) is 18.8. The van der Waals surface area contributed by atoms with E-state index < -0.39 is 11.9 Å². The Bertz CT molecular complexity index is 1020. The van der Waals surface area contributed by atoms with Crippen LogP contribution < -0.4 is 10.6 Å². The number of hydrogen-bond acceptors (Lipinski definition) is 4. The molecule has 0 radical (unpaired) electrons. The fourth-order valence-corrected chi connectivity index (χ4v) is 2.61. The van der Waals surface area contributed by atoms with Gasteiger partial charge in [-0.2, -0.15) is 0 Å². The maximum atomic E-state index is 12.6. The fraction of sp³-hybridized carbons (Fsp3) is 0.0455. The van der Waals surface area contributed by atoms with Crippen LogP contribution in [-0.2, 0) is 4.74 Å². The van der Waals surface area contributed by atoms with Gasteiger partial charge in [-0.15, -0.1) is 0 Å². The normalized spacial score (nSPS) is 10.0. The van der Waals surface area contributed by atoms with Crippen LogP contribution >= 0.6 is 0 Å². The molecule has 0 saturated heterocycles. The smallest absolute Gasteiger partial charge is 0.339 e. The third-order valence-electron chi connectivity index (χ3n) is 4.00. The number of carbonyl (C=O) groups is 3. The molecule has 0 spiro atoms. The van der Waals surface area contributed by atoms with E-state index in [1.54, 1.807) is 72.8 Å². The molecule has 3 aromatic carbocycles. The van der Waals surface area contributed by atoms with Crippen LogP contribution in [0.4, 0.5) is 11.4 Å². The molecular weight excluding hydrogens is 356 g/mol. The van der Waals surface area contributed by atoms with Gasteiger partial charge in [0.1, 0.15) is 0 Å². The number of anilines is 2. The number of carbonyl (C=O) groups excluding carboxylic acids is 3. The number of ether oxygens (including phenoxy) is 1. The molecule has 3 aromatic rings. The van der Waals surface area contributed by atoms with Gasteiger partial charge in [0.2, 0.25) is 0 Å². The van der Waals surface area contributed by atoms with Crippen LogP contribution in [0.3, 0.4) is 0 Å². The molecule has 0 aliphatic rings. The van der Waals surface area contributed by atoms with Crippen LogP contribution in [0.2, 0.25) is 0 Å². The van der Waals surface area contributed by atoms with E-state index in [-0.39, 0.29) is 11.5 Å². The highest BCUT2D eigenvalue weighted by molar-refractivity contribution is 6.09. The molecule has 0 atom stereocenters. The van der Waals surface area contributed by atoms with Gasteiger partial charge in [0.15, 0.2) is 0 Å². The maximum Gasteiger partial charge on any atom is 0.339 e. The summed E-state index contributed by atoms with van der Waals surface area (Å²) in [5, 5.41) is 5.46. The topological polar surface area (TPSA) is 84.5 Å². The molecule has 0 heterocycles. The highest BCUT2D eigenvalue weighted by atomic mass is 16.5. The Morgan fingerprint density at radius 3 is 2.11 bits per heavy atom. The lowest BCUT2D eigenvalue weighted by molar-refractivity contribution is 0.0601. The largest absolute Gasteiger partial charge is 0.465 e. The number of rotatable bonds is 5. The fourth-order valence-electron chi connectivity index (χ4n) is 2.61. The average Bonchev–Trinajstić information content (AvgIpc) is 2.74. The van der Waals surface area contributed by atoms with Crippen LogP contribution in [0.25, 0.3) is 0 Å². The first-order chi connectivity index (χ1) is 13.6. The van der Waals surface area contributed by atoms with E-state index >= 15 is 0 Å². The summed E-state index contributed by atoms with van der Waals surface area (Å²) < 4.78 is 4.73. The third-order valence-corrected chi connectivity index (χ3v) is 4.00. The number of hydrogen-bond donors (Lipinski definition) is 2. The molecule has 0 saturated carbocycles. The summed E-state index contributed by atoms with van der Waals surface area (Å²) in [6.45, 7) is 0. The van der Waals surface area contributed by atoms with Crippen LogP contribution in [0.15, 0.2) is 78.9 Å². The predicted octanol–water partition coefficient (Wildman–Crippen LogP) is 3.98. The summed E-state index contributed by atoms with van der Waals surface area (Å²) in [5.74, 6) is -1.22. The predicted molar refractivity (Wildman–Crippen MR) is 107 cm³/mol. The van der Waals surface area contributed by atoms with Crippen molar-refractivity contribution < 1.29 is 19.1 Å². The van der Waals surface area contributed by atoms with Crippen molar-refractivity contribution in [3.63, 3.8) is 0 Å². The first-order valence-corrected chi connectivity index (χ1v) is 8.53. The molecule has 3 rings (SSSR count). The Hall–Kier alpha value is -3.93. The lowest BCUT2D eigenvalue weighted by atomic mass is 10.1. The van der Waals surface area contributed by atoms with Gasteiger partial charge >= 0.3 is 5.97 Å². The summed E-state index contributed by atoms with van der Waals surface area (Å²) >= 11 is 0. The second-order valence-electron chi connectivity index (χ2n) is 5.89. The summed E-state index contributed by atoms with van der Waals surface area (Å²) in [6, 6.07) is 21.9. The highest BCUT2D eigenvalue weighted by Gasteiger charge is 2.15. The molecule has 0 aromatic heterocycles. The van der Waals surface area contributed by atoms with Crippen molar-refractivity contribution in [1.29, 1.82) is 0 Å². The first-order valence-electron chi connectivity index (χ1n) is 8.53. The zero-order valence-electron chi connectivity index (χ0n) is 15.1. The van der Waals surface area contributed by atoms with Crippen molar-refractivity contribution >= 4 is 29.2 Å². The Labute approximate surface area is 162 Å². The summed E-state index contributed by atoms with van der Waals surface area (Å²) in [4.78, 5) is 36.7. The van der Waals surface area contributed by atoms with Gasteiger partial charge in [-0.25, -0.2) is 4.79 Å². The van der Waals surface area contributed by atoms with Crippen molar-refractivity contribution in [2.24, 2.45) is 0 Å². The Morgan fingerprint density at radius 2 is 1.36 bits per heavy atom. The molecule has 0 unspecified atom stereocenters. The minimum atomic E-state index is -0.542. The van der Waals surface area contributed by atoms with Gasteiger partial charge in [0.25, 0.3) is 11.8 Å². The monoisotopic (exact) mass is 374 g/mol. The number of benzene rings is 3. The summed E-state index contributed by atoms with van der Waals surface area (Å²) in [7, 11) is 1.28. The molecule has 0 aliphatic carbocycles. The van der Waals surface area contributed by atoms with E-state index in [0.717, 1.165) is 0 Å². The number of amides is 2. The van der Waals surface area contributed by atoms with Gasteiger partial charge < -0.3 is 15.4 Å². The Balaban J connectivity index is 1.76. The number of methoxy groups -OCH3 is 1. The Kier molecular flexibility index (Phi) is 5.81. The molecule has 2 amide bonds. The standard InChI is InChI=1S/C22H18N2O4/c1-28-22(27)18-12-5-6-13-19(18)24-21(26)16-10-7-11-17(14-16)23-20(25)15-8-3-2-4-9-15/h2-14H,1H3,(H,23,25)(H,24,26). The summed E-state index contributed by atoms with van der Waals surface area (Å²) in [5.41, 5.74) is 1.95. The molecule has 140 valence electrons. The lowest BCUT2D eigenvalue weighted by Crippen LogP contribution is -2.16. The van der Waals surface area contributed by atoms with E-state index in [0.29, 0.717) is 22.5 Å². The number of nitrogens with one attached hydrogen (secondary N) is 2. The van der Waals surface area contributed by atoms with E-state index in [2.05, 4.69) is 10.6 Å². The van der Waals surface area contributed by atoms with E-state index in [4.69, 9.17) is 4.74 Å². The van der Waals surface area contributed by atoms with Crippen LogP contribution in [0.5, 0.6) is 0 Å². The second-order valence-corrected chi connectivity index (χ2v) is 5.89. The number of para-hydroxylation sites is 1. The van der Waals surface area contributed by atoms with Crippen molar-refractivity contribution in [3.05, 3.63) is 95.6 Å². The molecule has 28 heavy (non-hydrogen) atoms. The minimum Gasteiger partial charge on any atom is -0.465 e. The lowest BCUT2D eigenvalue weighted by Gasteiger charge is -2.11. The van der Waals surface area contributed by atoms with Gasteiger partial charge in [0.05, 0.1) is 18.4 Å². The molecule has 6 nitrogen and oxygen atoms in total. The van der Waals surface area contributed by atoms with Gasteiger partial charge in [0, 0.05) is 16.8 Å². The van der Waals surface area contributed by atoms with Crippen molar-refractivity contribution in [2.45, 2.75) is 0 Å². The number of esters is 1. The Morgan fingerprint density at radius 1 is 0.714 bits per heavy atom. The van der Waals surface area contributed by atoms with Gasteiger partial charge in [-0.3, -0.25) is 9.59 Å². The zero-order valence-corrected chi connectivity index (χ0v) is 15.1. The quantitative estimate of drug-likeness (QED) is 0.662. The van der Waals surface area contributed by atoms with Gasteiger partial charge in [-0.05, 0) is 42.5 Å². The second kappa shape index (κ2) is 8.64. The molecule has 2 N–H and O–H groups in total.